The third kappa shape index (κ3) is 4.92. The molecule has 0 atom stereocenters. The maximum atomic E-state index is 13.3. The van der Waals surface area contributed by atoms with Crippen LogP contribution in [0.4, 0.5) is 23.8 Å². The van der Waals surface area contributed by atoms with E-state index in [0.717, 1.165) is 6.07 Å². The second kappa shape index (κ2) is 8.06. The van der Waals surface area contributed by atoms with E-state index in [1.807, 2.05) is 0 Å². The molecule has 2 aromatic carbocycles. The Kier molecular flexibility index (Phi) is 5.74. The molecule has 0 radical (unpaired) electrons. The van der Waals surface area contributed by atoms with E-state index in [-0.39, 0.29) is 16.4 Å². The Labute approximate surface area is 164 Å². The van der Waals surface area contributed by atoms with Crippen molar-refractivity contribution in [3.05, 3.63) is 59.2 Å². The van der Waals surface area contributed by atoms with Crippen molar-refractivity contribution >= 4 is 34.3 Å². The fraction of sp³-hybridized carbons (Fsp3) is 0.200. The zero-order valence-electron chi connectivity index (χ0n) is 14.6. The highest BCUT2D eigenvalue weighted by atomic mass is 35.5. The fourth-order valence-electron chi connectivity index (χ4n) is 2.53. The summed E-state index contributed by atoms with van der Waals surface area (Å²) in [5.74, 6) is 0.126. The molecule has 0 spiro atoms. The largest absolute Gasteiger partial charge is 0.465 e. The van der Waals surface area contributed by atoms with Crippen LogP contribution in [0.25, 0.3) is 21.9 Å². The summed E-state index contributed by atoms with van der Waals surface area (Å²) < 4.78 is 39.8. The number of aromatic nitrogens is 1. The number of fused-ring (bicyclic) bond motifs is 1. The lowest BCUT2D eigenvalue weighted by Gasteiger charge is -2.15. The Morgan fingerprint density at radius 3 is 2.39 bits per heavy atom. The van der Waals surface area contributed by atoms with Gasteiger partial charge < -0.3 is 5.11 Å². The number of nitrogens with zero attached hydrogens (tertiary/aromatic N) is 1. The number of nitrogens with one attached hydrogen (secondary N) is 1. The first-order valence-electron chi connectivity index (χ1n) is 8.51. The van der Waals surface area contributed by atoms with Gasteiger partial charge in [0.2, 0.25) is 0 Å². The van der Waals surface area contributed by atoms with Crippen molar-refractivity contribution in [2.45, 2.75) is 25.4 Å². The van der Waals surface area contributed by atoms with Gasteiger partial charge in [-0.05, 0) is 35.2 Å². The van der Waals surface area contributed by atoms with Crippen LogP contribution in [0.15, 0.2) is 48.7 Å². The molecule has 8 heteroatoms. The van der Waals surface area contributed by atoms with E-state index in [0.29, 0.717) is 16.3 Å². The van der Waals surface area contributed by atoms with Crippen LogP contribution in [0.5, 0.6) is 0 Å². The van der Waals surface area contributed by atoms with Crippen molar-refractivity contribution in [1.82, 2.24) is 4.98 Å². The monoisotopic (exact) mass is 408 g/mol. The molecular weight excluding hydrogens is 393 g/mol. The number of hydrogen-bond donors (Lipinski definition) is 2. The van der Waals surface area contributed by atoms with Gasteiger partial charge in [0.1, 0.15) is 5.82 Å². The lowest BCUT2D eigenvalue weighted by atomic mass is 9.97. The topological polar surface area (TPSA) is 62.2 Å². The SMILES string of the molecule is C1CC1.O=C(O)Nc1cc2ccc(-c3c(Cl)cccc3C(F)(F)F)cc2cn1. The lowest BCUT2D eigenvalue weighted by molar-refractivity contribution is -0.137. The Morgan fingerprint density at radius 1 is 1.07 bits per heavy atom. The summed E-state index contributed by atoms with van der Waals surface area (Å²) in [6.45, 7) is 0. The number of amides is 1. The Hall–Kier alpha value is -2.80. The van der Waals surface area contributed by atoms with E-state index in [4.69, 9.17) is 16.7 Å². The third-order valence-electron chi connectivity index (χ3n) is 3.92. The van der Waals surface area contributed by atoms with Crippen LogP contribution in [0.2, 0.25) is 5.02 Å². The number of halogens is 4. The molecule has 0 bridgehead atoms. The van der Waals surface area contributed by atoms with Gasteiger partial charge >= 0.3 is 12.3 Å². The zero-order valence-corrected chi connectivity index (χ0v) is 15.3. The molecule has 3 aromatic rings. The minimum atomic E-state index is -4.54. The Bertz CT molecular complexity index is 1020. The first-order valence-corrected chi connectivity index (χ1v) is 8.89. The van der Waals surface area contributed by atoms with E-state index in [1.165, 1.54) is 55.8 Å². The second-order valence-corrected chi connectivity index (χ2v) is 6.69. The van der Waals surface area contributed by atoms with Gasteiger partial charge in [0, 0.05) is 22.2 Å². The summed E-state index contributed by atoms with van der Waals surface area (Å²) in [4.78, 5) is 14.6. The van der Waals surface area contributed by atoms with Gasteiger partial charge in [-0.1, -0.05) is 49.1 Å². The van der Waals surface area contributed by atoms with Crippen molar-refractivity contribution < 1.29 is 23.1 Å². The number of rotatable bonds is 2. The summed E-state index contributed by atoms with van der Waals surface area (Å²) in [5.41, 5.74) is -0.631. The minimum Gasteiger partial charge on any atom is -0.465 e. The summed E-state index contributed by atoms with van der Waals surface area (Å²) in [5, 5.41) is 12.0. The highest BCUT2D eigenvalue weighted by molar-refractivity contribution is 6.33. The molecule has 1 fully saturated rings. The van der Waals surface area contributed by atoms with E-state index >= 15 is 0 Å². The molecule has 1 aliphatic rings. The van der Waals surface area contributed by atoms with Crippen LogP contribution in [0.1, 0.15) is 24.8 Å². The number of carbonyl (C=O) groups is 1. The molecule has 0 saturated heterocycles. The van der Waals surface area contributed by atoms with Gasteiger partial charge in [-0.3, -0.25) is 5.32 Å². The van der Waals surface area contributed by atoms with Gasteiger partial charge in [0.05, 0.1) is 5.56 Å². The van der Waals surface area contributed by atoms with E-state index in [9.17, 15) is 18.0 Å². The molecule has 1 aliphatic carbocycles. The molecule has 2 N–H and O–H groups in total. The molecule has 0 aliphatic heterocycles. The number of anilines is 1. The molecule has 4 nitrogen and oxygen atoms in total. The van der Waals surface area contributed by atoms with Crippen LogP contribution in [0.3, 0.4) is 0 Å². The first-order chi connectivity index (χ1) is 13.3. The van der Waals surface area contributed by atoms with Crippen LogP contribution in [-0.2, 0) is 6.18 Å². The van der Waals surface area contributed by atoms with Gasteiger partial charge in [0.25, 0.3) is 0 Å². The highest BCUT2D eigenvalue weighted by Gasteiger charge is 2.34. The van der Waals surface area contributed by atoms with Gasteiger partial charge in [0.15, 0.2) is 0 Å². The number of carboxylic acid groups (broad SMARTS) is 1. The van der Waals surface area contributed by atoms with Gasteiger partial charge in [-0.15, -0.1) is 0 Å². The van der Waals surface area contributed by atoms with Gasteiger partial charge in [-0.2, -0.15) is 13.2 Å². The first kappa shape index (κ1) is 19.9. The molecule has 1 heterocycles. The molecule has 28 heavy (non-hydrogen) atoms. The summed E-state index contributed by atoms with van der Waals surface area (Å²) in [6.07, 6.45) is 0.0889. The van der Waals surface area contributed by atoms with E-state index < -0.39 is 17.8 Å². The van der Waals surface area contributed by atoms with Crippen molar-refractivity contribution in [1.29, 1.82) is 0 Å². The van der Waals surface area contributed by atoms with Crippen LogP contribution in [0, 0.1) is 0 Å². The number of alkyl halides is 3. The summed E-state index contributed by atoms with van der Waals surface area (Å²) in [7, 11) is 0. The Morgan fingerprint density at radius 2 is 1.79 bits per heavy atom. The number of benzene rings is 2. The standard InChI is InChI=1S/C17H10ClF3N2O2.C3H6/c18-13-3-1-2-12(17(19,20)21)15(13)10-5-4-9-7-14(23-16(24)25)22-8-11(9)6-10;1-2-3-1/h1-8H,(H,22,23)(H,24,25);1-3H2. The maximum Gasteiger partial charge on any atom is 0.417 e. The molecule has 146 valence electrons. The molecule has 0 unspecified atom stereocenters. The fourth-order valence-corrected chi connectivity index (χ4v) is 2.81. The average molecular weight is 409 g/mol. The lowest BCUT2D eigenvalue weighted by Crippen LogP contribution is -2.08. The van der Waals surface area contributed by atoms with Crippen molar-refractivity contribution in [2.24, 2.45) is 0 Å². The van der Waals surface area contributed by atoms with Crippen LogP contribution in [-0.4, -0.2) is 16.2 Å². The second-order valence-electron chi connectivity index (χ2n) is 6.28. The highest BCUT2D eigenvalue weighted by Crippen LogP contribution is 2.41. The smallest absolute Gasteiger partial charge is 0.417 e. The molecule has 4 rings (SSSR count). The normalized spacial score (nSPS) is 12.9. The number of hydrogen-bond acceptors (Lipinski definition) is 2. The molecule has 1 amide bonds. The molecule has 1 aromatic heterocycles. The number of pyridine rings is 1. The van der Waals surface area contributed by atoms with Gasteiger partial charge in [-0.25, -0.2) is 9.78 Å². The third-order valence-corrected chi connectivity index (χ3v) is 4.23. The summed E-state index contributed by atoms with van der Waals surface area (Å²) in [6, 6.07) is 9.74. The average Bonchev–Trinajstić information content (AvgIpc) is 3.49. The quantitative estimate of drug-likeness (QED) is 0.488. The molecule has 1 saturated carbocycles. The minimum absolute atomic E-state index is 0.00806. The van der Waals surface area contributed by atoms with E-state index in [1.54, 1.807) is 6.07 Å². The van der Waals surface area contributed by atoms with Crippen molar-refractivity contribution in [3.8, 4) is 11.1 Å². The Balaban J connectivity index is 0.000000684. The van der Waals surface area contributed by atoms with Crippen LogP contribution >= 0.6 is 11.6 Å². The molecular formula is C20H16ClF3N2O2. The zero-order chi connectivity index (χ0) is 20.3. The predicted molar refractivity (Wildman–Crippen MR) is 103 cm³/mol. The maximum absolute atomic E-state index is 13.3. The van der Waals surface area contributed by atoms with Crippen molar-refractivity contribution in [2.75, 3.05) is 5.32 Å². The van der Waals surface area contributed by atoms with Crippen molar-refractivity contribution in [3.63, 3.8) is 0 Å². The van der Waals surface area contributed by atoms with Crippen LogP contribution < -0.4 is 5.32 Å². The van der Waals surface area contributed by atoms with E-state index in [2.05, 4.69) is 10.3 Å². The predicted octanol–water partition coefficient (Wildman–Crippen LogP) is 6.83. The summed E-state index contributed by atoms with van der Waals surface area (Å²) >= 11 is 6.01.